The van der Waals surface area contributed by atoms with E-state index in [0.29, 0.717) is 42.1 Å². The first-order chi connectivity index (χ1) is 12.2. The van der Waals surface area contributed by atoms with E-state index in [9.17, 15) is 0 Å². The second-order valence-corrected chi connectivity index (χ2v) is 5.97. The average molecular weight is 362 g/mol. The number of aliphatic imine (C=N–C) groups is 1. The highest BCUT2D eigenvalue weighted by atomic mass is 35.5. The van der Waals surface area contributed by atoms with Gasteiger partial charge in [-0.15, -0.1) is 0 Å². The zero-order valence-electron chi connectivity index (χ0n) is 14.2. The number of pyridine rings is 1. The molecule has 1 N–H and O–H groups in total. The van der Waals surface area contributed by atoms with Gasteiger partial charge in [0.1, 0.15) is 6.61 Å². The largest absolute Gasteiger partial charge is 0.493 e. The van der Waals surface area contributed by atoms with Crippen LogP contribution in [0.15, 0.2) is 41.7 Å². The van der Waals surface area contributed by atoms with Crippen molar-refractivity contribution < 1.29 is 14.2 Å². The summed E-state index contributed by atoms with van der Waals surface area (Å²) in [6.07, 6.45) is 4.05. The van der Waals surface area contributed by atoms with Crippen molar-refractivity contribution in [2.24, 2.45) is 4.99 Å². The van der Waals surface area contributed by atoms with Crippen LogP contribution in [0.5, 0.6) is 11.5 Å². The lowest BCUT2D eigenvalue weighted by atomic mass is 9.98. The minimum atomic E-state index is -0.137. The van der Waals surface area contributed by atoms with Gasteiger partial charge in [0.2, 0.25) is 0 Å². The molecule has 0 bridgehead atoms. The summed E-state index contributed by atoms with van der Waals surface area (Å²) < 4.78 is 16.5. The lowest BCUT2D eigenvalue weighted by molar-refractivity contribution is 0.321. The van der Waals surface area contributed by atoms with E-state index in [1.165, 1.54) is 0 Å². The molecular formula is C18H20ClN3O3. The summed E-state index contributed by atoms with van der Waals surface area (Å²) in [5.41, 5.74) is 1.94. The molecule has 0 saturated carbocycles. The maximum absolute atomic E-state index is 6.07. The number of nitrogens with zero attached hydrogens (tertiary/aromatic N) is 2. The van der Waals surface area contributed by atoms with Gasteiger partial charge in [-0.3, -0.25) is 4.98 Å². The predicted octanol–water partition coefficient (Wildman–Crippen LogP) is 3.01. The summed E-state index contributed by atoms with van der Waals surface area (Å²) in [5.74, 6) is 1.35. The summed E-state index contributed by atoms with van der Waals surface area (Å²) in [6, 6.07) is 8.08. The first-order valence-electron chi connectivity index (χ1n) is 7.95. The molecule has 7 heteroatoms. The van der Waals surface area contributed by atoms with Crippen LogP contribution in [-0.4, -0.2) is 38.4 Å². The monoisotopic (exact) mass is 361 g/mol. The summed E-state index contributed by atoms with van der Waals surface area (Å²) in [6.45, 7) is 1.24. The van der Waals surface area contributed by atoms with E-state index in [2.05, 4.69) is 15.3 Å². The zero-order chi connectivity index (χ0) is 17.6. The minimum Gasteiger partial charge on any atom is -0.493 e. The van der Waals surface area contributed by atoms with Crippen LogP contribution in [0.1, 0.15) is 17.2 Å². The highest BCUT2D eigenvalue weighted by Crippen LogP contribution is 2.36. The molecule has 1 aromatic carbocycles. The quantitative estimate of drug-likeness (QED) is 0.856. The Morgan fingerprint density at radius 3 is 2.84 bits per heavy atom. The number of aromatic nitrogens is 1. The molecule has 25 heavy (non-hydrogen) atoms. The Kier molecular flexibility index (Phi) is 5.60. The number of methoxy groups -OCH3 is 2. The van der Waals surface area contributed by atoms with Crippen LogP contribution < -0.4 is 14.8 Å². The molecule has 0 radical (unpaired) electrons. The number of para-hydroxylation sites is 1. The third-order valence-corrected chi connectivity index (χ3v) is 4.10. The Morgan fingerprint density at radius 1 is 1.28 bits per heavy atom. The van der Waals surface area contributed by atoms with Gasteiger partial charge >= 0.3 is 0 Å². The van der Waals surface area contributed by atoms with Crippen LogP contribution in [0.4, 0.5) is 0 Å². The molecule has 1 aromatic heterocycles. The van der Waals surface area contributed by atoms with Crippen molar-refractivity contribution in [1.29, 1.82) is 0 Å². The number of hydrogen-bond acceptors (Lipinski definition) is 6. The van der Waals surface area contributed by atoms with Crippen LogP contribution in [0, 0.1) is 0 Å². The number of amidine groups is 1. The van der Waals surface area contributed by atoms with Gasteiger partial charge in [-0.2, -0.15) is 0 Å². The normalized spacial score (nSPS) is 14.4. The Balaban J connectivity index is 1.95. The van der Waals surface area contributed by atoms with E-state index < -0.39 is 0 Å². The lowest BCUT2D eigenvalue weighted by Crippen LogP contribution is -2.30. The third kappa shape index (κ3) is 4.14. The molecule has 0 spiro atoms. The fraction of sp³-hybridized carbons (Fsp3) is 0.333. The lowest BCUT2D eigenvalue weighted by Gasteiger charge is -2.23. The first kappa shape index (κ1) is 17.4. The molecule has 1 unspecified atom stereocenters. The summed E-state index contributed by atoms with van der Waals surface area (Å²) in [7, 11) is 3.25. The number of rotatable bonds is 6. The Morgan fingerprint density at radius 2 is 2.16 bits per heavy atom. The second kappa shape index (κ2) is 8.07. The van der Waals surface area contributed by atoms with Crippen molar-refractivity contribution in [2.45, 2.75) is 12.5 Å². The Labute approximate surface area is 151 Å². The van der Waals surface area contributed by atoms with Crippen LogP contribution in [0.3, 0.4) is 0 Å². The van der Waals surface area contributed by atoms with Gasteiger partial charge in [-0.25, -0.2) is 4.99 Å². The zero-order valence-corrected chi connectivity index (χ0v) is 14.9. The highest BCUT2D eigenvalue weighted by molar-refractivity contribution is 6.30. The molecule has 0 amide bonds. The molecule has 2 heterocycles. The van der Waals surface area contributed by atoms with Gasteiger partial charge < -0.3 is 19.5 Å². The van der Waals surface area contributed by atoms with Crippen LogP contribution in [-0.2, 0) is 11.2 Å². The van der Waals surface area contributed by atoms with Crippen molar-refractivity contribution in [2.75, 3.05) is 27.4 Å². The summed E-state index contributed by atoms with van der Waals surface area (Å²) in [5, 5.41) is 3.95. The molecule has 3 rings (SSSR count). The van der Waals surface area contributed by atoms with E-state index in [4.69, 9.17) is 25.8 Å². The van der Waals surface area contributed by atoms with E-state index in [0.717, 1.165) is 11.1 Å². The van der Waals surface area contributed by atoms with Crippen LogP contribution >= 0.6 is 11.6 Å². The number of nitrogens with one attached hydrogen (secondary N) is 1. The van der Waals surface area contributed by atoms with Crippen LogP contribution in [0.25, 0.3) is 0 Å². The molecule has 2 aromatic rings. The summed E-state index contributed by atoms with van der Waals surface area (Å²) in [4.78, 5) is 8.49. The molecule has 132 valence electrons. The third-order valence-electron chi connectivity index (χ3n) is 3.89. The molecule has 0 saturated heterocycles. The van der Waals surface area contributed by atoms with Gasteiger partial charge in [0.05, 0.1) is 31.8 Å². The average Bonchev–Trinajstić information content (AvgIpc) is 3.13. The molecule has 0 fully saturated rings. The molecule has 6 nitrogen and oxygen atoms in total. The molecule has 0 aliphatic carbocycles. The number of halogens is 1. The fourth-order valence-electron chi connectivity index (χ4n) is 2.80. The van der Waals surface area contributed by atoms with E-state index >= 15 is 0 Å². The smallest absolute Gasteiger partial charge is 0.285 e. The van der Waals surface area contributed by atoms with E-state index in [1.807, 2.05) is 24.3 Å². The maximum Gasteiger partial charge on any atom is 0.285 e. The van der Waals surface area contributed by atoms with Crippen LogP contribution in [0.2, 0.25) is 5.02 Å². The standard InChI is InChI=1S/C18H20ClN3O3/c1-23-16-5-3-4-14(17(16)24-2)15(22-18-21-6-7-25-18)9-12-8-13(19)11-20-10-12/h3-5,8,10-11,15H,6-7,9H2,1-2H3,(H,21,22). The van der Waals surface area contributed by atoms with E-state index in [-0.39, 0.29) is 6.04 Å². The molecule has 1 atom stereocenters. The first-order valence-corrected chi connectivity index (χ1v) is 8.33. The van der Waals surface area contributed by atoms with Gasteiger partial charge in [0, 0.05) is 18.0 Å². The number of ether oxygens (including phenoxy) is 3. The predicted molar refractivity (Wildman–Crippen MR) is 96.6 cm³/mol. The van der Waals surface area contributed by atoms with Crippen molar-refractivity contribution in [1.82, 2.24) is 10.3 Å². The minimum absolute atomic E-state index is 0.137. The molecule has 1 aliphatic rings. The Bertz CT molecular complexity index is 767. The SMILES string of the molecule is COc1cccc(C(Cc2cncc(Cl)c2)NC2=NCCO2)c1OC. The summed E-state index contributed by atoms with van der Waals surface area (Å²) >= 11 is 6.07. The fourth-order valence-corrected chi connectivity index (χ4v) is 3.00. The van der Waals surface area contributed by atoms with Gasteiger partial charge in [0.25, 0.3) is 6.02 Å². The van der Waals surface area contributed by atoms with E-state index in [1.54, 1.807) is 26.6 Å². The molecular weight excluding hydrogens is 342 g/mol. The van der Waals surface area contributed by atoms with Gasteiger partial charge in [0.15, 0.2) is 11.5 Å². The second-order valence-electron chi connectivity index (χ2n) is 5.53. The van der Waals surface area contributed by atoms with Gasteiger partial charge in [-0.05, 0) is 24.1 Å². The van der Waals surface area contributed by atoms with Crippen molar-refractivity contribution in [3.63, 3.8) is 0 Å². The van der Waals surface area contributed by atoms with Crippen molar-refractivity contribution >= 4 is 17.6 Å². The highest BCUT2D eigenvalue weighted by Gasteiger charge is 2.22. The van der Waals surface area contributed by atoms with Crippen molar-refractivity contribution in [3.8, 4) is 11.5 Å². The number of benzene rings is 1. The number of hydrogen-bond donors (Lipinski definition) is 1. The topological polar surface area (TPSA) is 65.0 Å². The van der Waals surface area contributed by atoms with Crippen molar-refractivity contribution in [3.05, 3.63) is 52.8 Å². The molecule has 1 aliphatic heterocycles. The maximum atomic E-state index is 6.07. The Hall–Kier alpha value is -2.47. The van der Waals surface area contributed by atoms with Gasteiger partial charge in [-0.1, -0.05) is 23.7 Å².